The van der Waals surface area contributed by atoms with Crippen LogP contribution in [0.1, 0.15) is 43.6 Å². The van der Waals surface area contributed by atoms with Gasteiger partial charge in [0.15, 0.2) is 5.43 Å². The van der Waals surface area contributed by atoms with E-state index in [1.165, 1.54) is 7.11 Å². The molecule has 0 unspecified atom stereocenters. The average Bonchev–Trinajstić information content (AvgIpc) is 3.11. The lowest BCUT2D eigenvalue weighted by Gasteiger charge is -2.25. The smallest absolute Gasteiger partial charge is 0.337 e. The van der Waals surface area contributed by atoms with Crippen LogP contribution in [0.4, 0.5) is 0 Å². The van der Waals surface area contributed by atoms with Gasteiger partial charge in [-0.1, -0.05) is 24.3 Å². The second-order valence-electron chi connectivity index (χ2n) is 7.47. The molecule has 0 bridgehead atoms. The zero-order valence-corrected chi connectivity index (χ0v) is 17.1. The van der Waals surface area contributed by atoms with Gasteiger partial charge in [0.2, 0.25) is 5.76 Å². The normalized spacial score (nSPS) is 15.1. The summed E-state index contributed by atoms with van der Waals surface area (Å²) in [4.78, 5) is 44.3. The summed E-state index contributed by atoms with van der Waals surface area (Å²) in [6.07, 6.45) is 3.31. The van der Waals surface area contributed by atoms with Gasteiger partial charge in [-0.2, -0.15) is 0 Å². The number of pyridine rings is 1. The first kappa shape index (κ1) is 19.7. The molecule has 2 aromatic heterocycles. The van der Waals surface area contributed by atoms with E-state index in [1.54, 1.807) is 65.8 Å². The van der Waals surface area contributed by atoms with Crippen molar-refractivity contribution in [3.8, 4) is 0 Å². The first-order valence-corrected chi connectivity index (χ1v) is 10.0. The van der Waals surface area contributed by atoms with E-state index in [-0.39, 0.29) is 23.6 Å². The lowest BCUT2D eigenvalue weighted by Crippen LogP contribution is -2.29. The lowest BCUT2D eigenvalue weighted by molar-refractivity contribution is 0.0599. The molecule has 1 aliphatic rings. The van der Waals surface area contributed by atoms with Gasteiger partial charge in [0.05, 0.1) is 29.7 Å². The molecule has 1 amide bonds. The zero-order valence-electron chi connectivity index (χ0n) is 17.1. The number of nitrogens with zero attached hydrogens (tertiary/aromatic N) is 2. The standard InChI is InChI=1S/C25H18N2O5/c1-31-25(30)17-8-6-16(7-9-17)21-20-22(28)18-4-2-3-5-19(18)32-23(20)24(29)27(21)14-15-10-12-26-13-11-15/h2-13,21H,14H2,1H3/t21-/m1/s1. The molecular weight excluding hydrogens is 408 g/mol. The topological polar surface area (TPSA) is 89.7 Å². The van der Waals surface area contributed by atoms with Gasteiger partial charge < -0.3 is 14.1 Å². The van der Waals surface area contributed by atoms with Crippen molar-refractivity contribution < 1.29 is 18.7 Å². The van der Waals surface area contributed by atoms with Crippen LogP contribution >= 0.6 is 0 Å². The van der Waals surface area contributed by atoms with Crippen molar-refractivity contribution in [3.63, 3.8) is 0 Å². The molecular formula is C25H18N2O5. The van der Waals surface area contributed by atoms with Gasteiger partial charge in [-0.25, -0.2) is 4.79 Å². The minimum absolute atomic E-state index is 0.0461. The number of carbonyl (C=O) groups is 2. The number of carbonyl (C=O) groups excluding carboxylic acids is 2. The predicted molar refractivity (Wildman–Crippen MR) is 116 cm³/mol. The summed E-state index contributed by atoms with van der Waals surface area (Å²) in [5.74, 6) is -0.773. The van der Waals surface area contributed by atoms with Gasteiger partial charge >= 0.3 is 5.97 Å². The maximum absolute atomic E-state index is 13.4. The van der Waals surface area contributed by atoms with E-state index < -0.39 is 12.0 Å². The van der Waals surface area contributed by atoms with Gasteiger partial charge in [-0.3, -0.25) is 14.6 Å². The number of methoxy groups -OCH3 is 1. The van der Waals surface area contributed by atoms with Crippen LogP contribution in [-0.4, -0.2) is 28.9 Å². The number of fused-ring (bicyclic) bond motifs is 2. The number of aromatic nitrogens is 1. The van der Waals surface area contributed by atoms with Crippen molar-refractivity contribution in [2.75, 3.05) is 7.11 Å². The zero-order chi connectivity index (χ0) is 22.2. The fraction of sp³-hybridized carbons (Fsp3) is 0.120. The van der Waals surface area contributed by atoms with E-state index in [0.29, 0.717) is 27.7 Å². The van der Waals surface area contributed by atoms with E-state index in [9.17, 15) is 14.4 Å². The first-order valence-electron chi connectivity index (χ1n) is 10.0. The first-order chi connectivity index (χ1) is 15.6. The Morgan fingerprint density at radius 2 is 1.75 bits per heavy atom. The lowest BCUT2D eigenvalue weighted by atomic mass is 9.97. The molecule has 32 heavy (non-hydrogen) atoms. The molecule has 7 heteroatoms. The fourth-order valence-electron chi connectivity index (χ4n) is 4.08. The fourth-order valence-corrected chi connectivity index (χ4v) is 4.08. The van der Waals surface area contributed by atoms with Crippen LogP contribution in [0.3, 0.4) is 0 Å². The van der Waals surface area contributed by atoms with Crippen LogP contribution in [0.5, 0.6) is 0 Å². The number of amides is 1. The van der Waals surface area contributed by atoms with E-state index in [4.69, 9.17) is 9.15 Å². The summed E-state index contributed by atoms with van der Waals surface area (Å²) in [6, 6.07) is 16.6. The maximum Gasteiger partial charge on any atom is 0.337 e. The largest absolute Gasteiger partial charge is 0.465 e. The second kappa shape index (κ2) is 7.77. The maximum atomic E-state index is 13.4. The number of esters is 1. The monoisotopic (exact) mass is 426 g/mol. The Hall–Kier alpha value is -4.26. The molecule has 3 heterocycles. The highest BCUT2D eigenvalue weighted by Crippen LogP contribution is 2.39. The minimum atomic E-state index is -0.654. The average molecular weight is 426 g/mol. The SMILES string of the molecule is COC(=O)c1ccc([C@@H]2c3c(oc4ccccc4c3=O)C(=O)N2Cc2ccncc2)cc1. The Morgan fingerprint density at radius 3 is 2.47 bits per heavy atom. The van der Waals surface area contributed by atoms with Crippen LogP contribution in [0.25, 0.3) is 11.0 Å². The highest BCUT2D eigenvalue weighted by Gasteiger charge is 2.42. The molecule has 0 aliphatic carbocycles. The summed E-state index contributed by atoms with van der Waals surface area (Å²) in [6.45, 7) is 0.269. The van der Waals surface area contributed by atoms with Gasteiger partial charge in [0.1, 0.15) is 5.58 Å². The highest BCUT2D eigenvalue weighted by molar-refractivity contribution is 5.99. The van der Waals surface area contributed by atoms with Gasteiger partial charge in [-0.15, -0.1) is 0 Å². The van der Waals surface area contributed by atoms with Crippen molar-refractivity contribution in [1.82, 2.24) is 9.88 Å². The molecule has 1 atom stereocenters. The molecule has 2 aromatic carbocycles. The Bertz CT molecular complexity index is 1390. The molecule has 0 radical (unpaired) electrons. The molecule has 158 valence electrons. The third-order valence-corrected chi connectivity index (χ3v) is 5.62. The van der Waals surface area contributed by atoms with E-state index in [0.717, 1.165) is 5.56 Å². The van der Waals surface area contributed by atoms with Gasteiger partial charge in [-0.05, 0) is 47.5 Å². The molecule has 0 spiro atoms. The molecule has 0 N–H and O–H groups in total. The number of hydrogen-bond donors (Lipinski definition) is 0. The van der Waals surface area contributed by atoms with Crippen molar-refractivity contribution in [2.24, 2.45) is 0 Å². The van der Waals surface area contributed by atoms with E-state index in [1.807, 2.05) is 12.1 Å². The van der Waals surface area contributed by atoms with Crippen molar-refractivity contribution in [1.29, 1.82) is 0 Å². The van der Waals surface area contributed by atoms with Crippen LogP contribution in [0.2, 0.25) is 0 Å². The number of ether oxygens (including phenoxy) is 1. The molecule has 7 nitrogen and oxygen atoms in total. The van der Waals surface area contributed by atoms with Crippen LogP contribution in [0.15, 0.2) is 82.3 Å². The quantitative estimate of drug-likeness (QED) is 0.462. The number of rotatable bonds is 4. The number of benzene rings is 2. The number of para-hydroxylation sites is 1. The third kappa shape index (κ3) is 3.15. The molecule has 1 aliphatic heterocycles. The van der Waals surface area contributed by atoms with Gasteiger partial charge in [0.25, 0.3) is 5.91 Å². The Morgan fingerprint density at radius 1 is 1.03 bits per heavy atom. The summed E-state index contributed by atoms with van der Waals surface area (Å²) in [7, 11) is 1.31. The van der Waals surface area contributed by atoms with Crippen molar-refractivity contribution >= 4 is 22.8 Å². The van der Waals surface area contributed by atoms with E-state index in [2.05, 4.69) is 4.98 Å². The van der Waals surface area contributed by atoms with Crippen LogP contribution in [-0.2, 0) is 11.3 Å². The Balaban J connectivity index is 1.68. The van der Waals surface area contributed by atoms with Crippen molar-refractivity contribution in [3.05, 3.63) is 111 Å². The Labute approximate surface area is 182 Å². The second-order valence-corrected chi connectivity index (χ2v) is 7.47. The van der Waals surface area contributed by atoms with E-state index >= 15 is 0 Å². The highest BCUT2D eigenvalue weighted by atomic mass is 16.5. The summed E-state index contributed by atoms with van der Waals surface area (Å²) >= 11 is 0. The Kier molecular flexibility index (Phi) is 4.78. The molecule has 4 aromatic rings. The van der Waals surface area contributed by atoms with Crippen molar-refractivity contribution in [2.45, 2.75) is 12.6 Å². The molecule has 5 rings (SSSR count). The molecule has 0 saturated heterocycles. The summed E-state index contributed by atoms with van der Waals surface area (Å²) in [5.41, 5.74) is 2.38. The molecule has 0 saturated carbocycles. The molecule has 0 fully saturated rings. The van der Waals surface area contributed by atoms with Crippen LogP contribution < -0.4 is 5.43 Å². The third-order valence-electron chi connectivity index (χ3n) is 5.62. The van der Waals surface area contributed by atoms with Gasteiger partial charge in [0, 0.05) is 18.9 Å². The minimum Gasteiger partial charge on any atom is -0.465 e. The summed E-state index contributed by atoms with van der Waals surface area (Å²) in [5, 5.41) is 0.418. The number of hydrogen-bond acceptors (Lipinski definition) is 6. The predicted octanol–water partition coefficient (Wildman–Crippen LogP) is 3.72. The van der Waals surface area contributed by atoms with Crippen LogP contribution in [0, 0.1) is 0 Å². The summed E-state index contributed by atoms with van der Waals surface area (Å²) < 4.78 is 10.7.